The Morgan fingerprint density at radius 2 is 2.11 bits per heavy atom. The van der Waals surface area contributed by atoms with E-state index in [0.29, 0.717) is 6.04 Å². The van der Waals surface area contributed by atoms with Crippen LogP contribution < -0.4 is 5.73 Å². The van der Waals surface area contributed by atoms with Crippen molar-refractivity contribution in [3.8, 4) is 0 Å². The average molecular weight is 261 g/mol. The van der Waals surface area contributed by atoms with Crippen molar-refractivity contribution in [3.63, 3.8) is 0 Å². The Morgan fingerprint density at radius 3 is 2.68 bits per heavy atom. The van der Waals surface area contributed by atoms with Gasteiger partial charge >= 0.3 is 0 Å². The molecule has 0 aromatic carbocycles. The van der Waals surface area contributed by atoms with Gasteiger partial charge in [0.15, 0.2) is 0 Å². The molecule has 1 aromatic rings. The molecular weight excluding hydrogens is 234 g/mol. The molecule has 0 bridgehead atoms. The molecule has 19 heavy (non-hydrogen) atoms. The van der Waals surface area contributed by atoms with Crippen LogP contribution in [-0.4, -0.2) is 29.0 Å². The number of hydrogen-bond acceptors (Lipinski definition) is 3. The molecule has 1 saturated carbocycles. The summed E-state index contributed by atoms with van der Waals surface area (Å²) in [6.45, 7) is 4.48. The molecule has 2 rings (SSSR count). The molecule has 1 aliphatic carbocycles. The van der Waals surface area contributed by atoms with Gasteiger partial charge in [-0.05, 0) is 44.4 Å². The second-order valence-electron chi connectivity index (χ2n) is 6.08. The Bertz CT molecular complexity index is 377. The van der Waals surface area contributed by atoms with Crippen LogP contribution in [0.2, 0.25) is 0 Å². The normalized spacial score (nSPS) is 27.2. The molecule has 1 aromatic heterocycles. The molecule has 106 valence electrons. The summed E-state index contributed by atoms with van der Waals surface area (Å²) in [5, 5.41) is 0. The maximum atomic E-state index is 6.25. The quantitative estimate of drug-likeness (QED) is 0.906. The van der Waals surface area contributed by atoms with Gasteiger partial charge in [-0.2, -0.15) is 0 Å². The number of aromatic nitrogens is 1. The first-order valence-corrected chi connectivity index (χ1v) is 7.48. The van der Waals surface area contributed by atoms with Crippen molar-refractivity contribution in [1.82, 2.24) is 9.88 Å². The maximum absolute atomic E-state index is 6.25. The Kier molecular flexibility index (Phi) is 4.94. The number of likely N-dealkylation sites (N-methyl/N-ethyl adjacent to an activating group) is 1. The standard InChI is InChI=1S/C16H27N3/c1-12-7-4-5-9-15(12)19(3)16(13(2)17)14-8-6-10-18-11-14/h6,8,10-13,15-16H,4-5,7,9,17H2,1-3H3. The third kappa shape index (κ3) is 3.34. The summed E-state index contributed by atoms with van der Waals surface area (Å²) in [7, 11) is 2.23. The van der Waals surface area contributed by atoms with Crippen LogP contribution in [0.1, 0.15) is 51.1 Å². The van der Waals surface area contributed by atoms with Crippen molar-refractivity contribution in [2.75, 3.05) is 7.05 Å². The van der Waals surface area contributed by atoms with E-state index in [1.165, 1.54) is 31.2 Å². The summed E-state index contributed by atoms with van der Waals surface area (Å²) in [6, 6.07) is 5.17. The summed E-state index contributed by atoms with van der Waals surface area (Å²) in [5.74, 6) is 0.761. The number of pyridine rings is 1. The fourth-order valence-corrected chi connectivity index (χ4v) is 3.57. The third-order valence-electron chi connectivity index (χ3n) is 4.55. The minimum Gasteiger partial charge on any atom is -0.326 e. The minimum atomic E-state index is 0.114. The Balaban J connectivity index is 2.19. The number of nitrogens with two attached hydrogens (primary N) is 1. The summed E-state index contributed by atoms with van der Waals surface area (Å²) < 4.78 is 0. The lowest BCUT2D eigenvalue weighted by atomic mass is 9.83. The molecule has 3 nitrogen and oxygen atoms in total. The van der Waals surface area contributed by atoms with Gasteiger partial charge in [0.2, 0.25) is 0 Å². The molecule has 4 unspecified atom stereocenters. The zero-order valence-corrected chi connectivity index (χ0v) is 12.4. The predicted octanol–water partition coefficient (Wildman–Crippen LogP) is 2.98. The van der Waals surface area contributed by atoms with E-state index in [1.807, 2.05) is 18.5 Å². The van der Waals surface area contributed by atoms with E-state index in [4.69, 9.17) is 5.73 Å². The second kappa shape index (κ2) is 6.49. The fraction of sp³-hybridized carbons (Fsp3) is 0.688. The topological polar surface area (TPSA) is 42.1 Å². The lowest BCUT2D eigenvalue weighted by Crippen LogP contribution is -2.46. The van der Waals surface area contributed by atoms with E-state index >= 15 is 0 Å². The molecule has 3 heteroatoms. The molecule has 0 aliphatic heterocycles. The molecule has 1 heterocycles. The molecule has 0 spiro atoms. The fourth-order valence-electron chi connectivity index (χ4n) is 3.57. The average Bonchev–Trinajstić information content (AvgIpc) is 2.40. The number of hydrogen-bond donors (Lipinski definition) is 1. The third-order valence-corrected chi connectivity index (χ3v) is 4.55. The van der Waals surface area contributed by atoms with Gasteiger partial charge in [-0.15, -0.1) is 0 Å². The van der Waals surface area contributed by atoms with Crippen molar-refractivity contribution in [3.05, 3.63) is 30.1 Å². The van der Waals surface area contributed by atoms with Crippen LogP contribution in [0.15, 0.2) is 24.5 Å². The van der Waals surface area contributed by atoms with Gasteiger partial charge in [-0.1, -0.05) is 25.8 Å². The highest BCUT2D eigenvalue weighted by molar-refractivity contribution is 5.16. The number of rotatable bonds is 4. The zero-order valence-electron chi connectivity index (χ0n) is 12.4. The monoisotopic (exact) mass is 261 g/mol. The Hall–Kier alpha value is -0.930. The van der Waals surface area contributed by atoms with Gasteiger partial charge in [0.05, 0.1) is 6.04 Å². The van der Waals surface area contributed by atoms with Crippen LogP contribution in [0.4, 0.5) is 0 Å². The SMILES string of the molecule is CC(N)C(c1cccnc1)N(C)C1CCCCC1C. The van der Waals surface area contributed by atoms with Crippen molar-refractivity contribution in [1.29, 1.82) is 0 Å². The molecule has 0 amide bonds. The Morgan fingerprint density at radius 1 is 1.37 bits per heavy atom. The lowest BCUT2D eigenvalue weighted by Gasteiger charge is -2.42. The van der Waals surface area contributed by atoms with Crippen LogP contribution >= 0.6 is 0 Å². The highest BCUT2D eigenvalue weighted by atomic mass is 15.2. The first-order valence-electron chi connectivity index (χ1n) is 7.48. The van der Waals surface area contributed by atoms with Gasteiger partial charge in [0.25, 0.3) is 0 Å². The van der Waals surface area contributed by atoms with Crippen molar-refractivity contribution >= 4 is 0 Å². The van der Waals surface area contributed by atoms with Crippen molar-refractivity contribution in [2.45, 2.75) is 57.7 Å². The summed E-state index contributed by atoms with van der Waals surface area (Å²) in [5.41, 5.74) is 7.49. The van der Waals surface area contributed by atoms with Gasteiger partial charge in [-0.3, -0.25) is 9.88 Å². The highest BCUT2D eigenvalue weighted by Crippen LogP contribution is 2.33. The lowest BCUT2D eigenvalue weighted by molar-refractivity contribution is 0.0858. The molecule has 1 fully saturated rings. The molecule has 0 radical (unpaired) electrons. The first-order chi connectivity index (χ1) is 9.11. The van der Waals surface area contributed by atoms with Gasteiger partial charge < -0.3 is 5.73 Å². The highest BCUT2D eigenvalue weighted by Gasteiger charge is 2.31. The Labute approximate surface area is 117 Å². The summed E-state index contributed by atoms with van der Waals surface area (Å²) >= 11 is 0. The summed E-state index contributed by atoms with van der Waals surface area (Å²) in [4.78, 5) is 6.74. The van der Waals surface area contributed by atoms with Crippen LogP contribution in [0, 0.1) is 5.92 Å². The maximum Gasteiger partial charge on any atom is 0.0511 e. The predicted molar refractivity (Wildman–Crippen MR) is 79.8 cm³/mol. The van der Waals surface area contributed by atoms with Gasteiger partial charge in [0, 0.05) is 24.5 Å². The molecule has 2 N–H and O–H groups in total. The van der Waals surface area contributed by atoms with Gasteiger partial charge in [0.1, 0.15) is 0 Å². The minimum absolute atomic E-state index is 0.114. The molecule has 4 atom stereocenters. The zero-order chi connectivity index (χ0) is 13.8. The first kappa shape index (κ1) is 14.5. The molecular formula is C16H27N3. The second-order valence-corrected chi connectivity index (χ2v) is 6.08. The van der Waals surface area contributed by atoms with E-state index in [1.54, 1.807) is 0 Å². The van der Waals surface area contributed by atoms with Crippen LogP contribution in [0.25, 0.3) is 0 Å². The smallest absolute Gasteiger partial charge is 0.0511 e. The van der Waals surface area contributed by atoms with E-state index < -0.39 is 0 Å². The van der Waals surface area contributed by atoms with E-state index in [9.17, 15) is 0 Å². The molecule has 0 saturated heterocycles. The van der Waals surface area contributed by atoms with E-state index in [2.05, 4.69) is 36.8 Å². The van der Waals surface area contributed by atoms with Crippen molar-refractivity contribution in [2.24, 2.45) is 11.7 Å². The summed E-state index contributed by atoms with van der Waals surface area (Å²) in [6.07, 6.45) is 9.14. The van der Waals surface area contributed by atoms with Crippen LogP contribution in [0.3, 0.4) is 0 Å². The van der Waals surface area contributed by atoms with E-state index in [0.717, 1.165) is 5.92 Å². The van der Waals surface area contributed by atoms with Crippen molar-refractivity contribution < 1.29 is 0 Å². The van der Waals surface area contributed by atoms with E-state index in [-0.39, 0.29) is 12.1 Å². The molecule has 1 aliphatic rings. The van der Waals surface area contributed by atoms with Gasteiger partial charge in [-0.25, -0.2) is 0 Å². The largest absolute Gasteiger partial charge is 0.326 e. The van der Waals surface area contributed by atoms with Crippen LogP contribution in [-0.2, 0) is 0 Å². The van der Waals surface area contributed by atoms with Crippen LogP contribution in [0.5, 0.6) is 0 Å². The number of nitrogens with zero attached hydrogens (tertiary/aromatic N) is 2.